The van der Waals surface area contributed by atoms with E-state index < -0.39 is 11.5 Å². The minimum absolute atomic E-state index is 0.122. The number of pyridine rings is 1. The molecule has 0 bridgehead atoms. The minimum Gasteiger partial charge on any atom is -0.477 e. The maximum absolute atomic E-state index is 12.2. The number of nitrogens with zero attached hydrogens (tertiary/aromatic N) is 1. The molecule has 2 aromatic heterocycles. The molecule has 1 atom stereocenters. The Morgan fingerprint density at radius 1 is 1.43 bits per heavy atom. The van der Waals surface area contributed by atoms with Crippen molar-refractivity contribution in [2.24, 2.45) is 5.92 Å². The van der Waals surface area contributed by atoms with Gasteiger partial charge in [0.1, 0.15) is 11.3 Å². The molecule has 0 aliphatic heterocycles. The molecule has 2 aromatic rings. The summed E-state index contributed by atoms with van der Waals surface area (Å²) in [4.78, 5) is 23.3. The summed E-state index contributed by atoms with van der Waals surface area (Å²) >= 11 is 0. The number of aromatic nitrogens is 1. The van der Waals surface area contributed by atoms with Crippen molar-refractivity contribution >= 4 is 5.97 Å². The van der Waals surface area contributed by atoms with Crippen LogP contribution in [-0.4, -0.2) is 27.4 Å². The van der Waals surface area contributed by atoms with E-state index in [2.05, 4.69) is 0 Å². The number of furan rings is 1. The van der Waals surface area contributed by atoms with E-state index in [9.17, 15) is 14.7 Å². The fourth-order valence-electron chi connectivity index (χ4n) is 2.25. The van der Waals surface area contributed by atoms with E-state index in [0.717, 1.165) is 0 Å². The fourth-order valence-corrected chi connectivity index (χ4v) is 2.25. The van der Waals surface area contributed by atoms with E-state index >= 15 is 0 Å². The average molecular weight is 291 g/mol. The van der Waals surface area contributed by atoms with Gasteiger partial charge in [0.25, 0.3) is 5.56 Å². The quantitative estimate of drug-likeness (QED) is 0.836. The molecule has 0 spiro atoms. The van der Waals surface area contributed by atoms with Crippen molar-refractivity contribution < 1.29 is 19.4 Å². The van der Waals surface area contributed by atoms with E-state index in [1.165, 1.54) is 4.57 Å². The Bertz CT molecular complexity index is 672. The van der Waals surface area contributed by atoms with Crippen molar-refractivity contribution in [2.45, 2.75) is 19.9 Å². The smallest absolute Gasteiger partial charge is 0.341 e. The third-order valence-corrected chi connectivity index (χ3v) is 3.37. The Labute approximate surface area is 121 Å². The van der Waals surface area contributed by atoms with Crippen LogP contribution in [0.1, 0.15) is 21.7 Å². The topological polar surface area (TPSA) is 92.7 Å². The summed E-state index contributed by atoms with van der Waals surface area (Å²) in [5.41, 5.74) is -0.358. The predicted molar refractivity (Wildman–Crippen MR) is 75.4 cm³/mol. The third kappa shape index (κ3) is 3.41. The summed E-state index contributed by atoms with van der Waals surface area (Å²) in [7, 11) is 0. The van der Waals surface area contributed by atoms with Gasteiger partial charge in [-0.2, -0.15) is 0 Å². The first-order valence-electron chi connectivity index (χ1n) is 6.59. The maximum atomic E-state index is 12.2. The molecule has 112 valence electrons. The highest BCUT2D eigenvalue weighted by atomic mass is 16.4. The van der Waals surface area contributed by atoms with E-state index in [4.69, 9.17) is 9.52 Å². The number of aromatic carboxylic acids is 1. The molecule has 0 amide bonds. The molecular formula is C15H17NO5. The summed E-state index contributed by atoms with van der Waals surface area (Å²) in [6.45, 7) is 1.70. The molecule has 0 aliphatic rings. The second-order valence-corrected chi connectivity index (χ2v) is 4.97. The number of aliphatic hydroxyl groups is 1. The second kappa shape index (κ2) is 6.41. The molecule has 2 rings (SSSR count). The summed E-state index contributed by atoms with van der Waals surface area (Å²) in [5.74, 6) is -0.746. The van der Waals surface area contributed by atoms with Crippen LogP contribution in [0.4, 0.5) is 0 Å². The minimum atomic E-state index is -1.24. The van der Waals surface area contributed by atoms with Gasteiger partial charge in [0.2, 0.25) is 0 Å². The Kier molecular flexibility index (Phi) is 4.59. The van der Waals surface area contributed by atoms with Crippen molar-refractivity contribution in [3.63, 3.8) is 0 Å². The summed E-state index contributed by atoms with van der Waals surface area (Å²) in [6, 6.07) is 5.14. The molecular weight excluding hydrogens is 274 g/mol. The molecule has 2 heterocycles. The number of aliphatic hydroxyl groups excluding tert-OH is 1. The summed E-state index contributed by atoms with van der Waals surface area (Å²) in [6.07, 6.45) is 3.57. The Hall–Kier alpha value is -2.34. The van der Waals surface area contributed by atoms with Crippen LogP contribution in [-0.2, 0) is 13.0 Å². The highest BCUT2D eigenvalue weighted by Crippen LogP contribution is 2.11. The molecule has 0 radical (unpaired) electrons. The maximum Gasteiger partial charge on any atom is 0.341 e. The van der Waals surface area contributed by atoms with Gasteiger partial charge < -0.3 is 19.2 Å². The van der Waals surface area contributed by atoms with Crippen LogP contribution in [0.15, 0.2) is 39.9 Å². The van der Waals surface area contributed by atoms with E-state index in [1.54, 1.807) is 37.6 Å². The lowest BCUT2D eigenvalue weighted by Gasteiger charge is -2.15. The molecule has 6 nitrogen and oxygen atoms in total. The number of hydrogen-bond acceptors (Lipinski definition) is 4. The highest BCUT2D eigenvalue weighted by molar-refractivity contribution is 5.88. The molecule has 6 heteroatoms. The number of rotatable bonds is 6. The van der Waals surface area contributed by atoms with Crippen LogP contribution in [0.5, 0.6) is 0 Å². The predicted octanol–water partition coefficient (Wildman–Crippen LogP) is 1.30. The van der Waals surface area contributed by atoms with Crippen LogP contribution in [0.2, 0.25) is 0 Å². The molecule has 0 fully saturated rings. The first kappa shape index (κ1) is 15.1. The van der Waals surface area contributed by atoms with Crippen molar-refractivity contribution in [3.8, 4) is 0 Å². The van der Waals surface area contributed by atoms with Crippen LogP contribution >= 0.6 is 0 Å². The zero-order valence-corrected chi connectivity index (χ0v) is 11.7. The summed E-state index contributed by atoms with van der Waals surface area (Å²) in [5, 5.41) is 18.5. The van der Waals surface area contributed by atoms with Crippen LogP contribution in [0.3, 0.4) is 0 Å². The molecule has 0 saturated heterocycles. The molecule has 0 aliphatic carbocycles. The standard InChI is InChI=1S/C15H17NO5/c1-10-4-5-16(14(18)13(10)15(19)20)8-11(9-17)7-12-3-2-6-21-12/h2-6,11,17H,7-9H2,1H3,(H,19,20). The monoisotopic (exact) mass is 291 g/mol. The highest BCUT2D eigenvalue weighted by Gasteiger charge is 2.17. The van der Waals surface area contributed by atoms with Crippen molar-refractivity contribution in [1.29, 1.82) is 0 Å². The lowest BCUT2D eigenvalue weighted by atomic mass is 10.0. The molecule has 2 N–H and O–H groups in total. The largest absolute Gasteiger partial charge is 0.477 e. The molecule has 1 unspecified atom stereocenters. The number of carboxylic acids is 1. The second-order valence-electron chi connectivity index (χ2n) is 4.97. The van der Waals surface area contributed by atoms with E-state index in [1.807, 2.05) is 0 Å². The molecule has 0 saturated carbocycles. The van der Waals surface area contributed by atoms with Gasteiger partial charge in [-0.3, -0.25) is 4.79 Å². The zero-order chi connectivity index (χ0) is 15.4. The SMILES string of the molecule is Cc1ccn(CC(CO)Cc2ccco2)c(=O)c1C(=O)O. The summed E-state index contributed by atoms with van der Waals surface area (Å²) < 4.78 is 6.54. The fraction of sp³-hybridized carbons (Fsp3) is 0.333. The van der Waals surface area contributed by atoms with Crippen LogP contribution in [0.25, 0.3) is 0 Å². The number of carboxylic acid groups (broad SMARTS) is 1. The molecule has 21 heavy (non-hydrogen) atoms. The van der Waals surface area contributed by atoms with Crippen molar-refractivity contribution in [1.82, 2.24) is 4.57 Å². The van der Waals surface area contributed by atoms with Crippen LogP contribution in [0, 0.1) is 12.8 Å². The number of aryl methyl sites for hydroxylation is 1. The van der Waals surface area contributed by atoms with Gasteiger partial charge in [-0.05, 0) is 30.7 Å². The molecule has 0 aromatic carbocycles. The van der Waals surface area contributed by atoms with Gasteiger partial charge in [0, 0.05) is 31.7 Å². The van der Waals surface area contributed by atoms with Crippen molar-refractivity contribution in [2.75, 3.05) is 6.61 Å². The normalized spacial score (nSPS) is 12.3. The van der Waals surface area contributed by atoms with Gasteiger partial charge in [0.05, 0.1) is 6.26 Å². The number of carbonyl (C=O) groups is 1. The van der Waals surface area contributed by atoms with Crippen molar-refractivity contribution in [3.05, 3.63) is 57.9 Å². The van der Waals surface area contributed by atoms with E-state index in [0.29, 0.717) is 17.7 Å². The lowest BCUT2D eigenvalue weighted by molar-refractivity contribution is 0.0693. The Balaban J connectivity index is 2.24. The Morgan fingerprint density at radius 2 is 2.19 bits per heavy atom. The average Bonchev–Trinajstić information content (AvgIpc) is 2.93. The van der Waals surface area contributed by atoms with Gasteiger partial charge in [0.15, 0.2) is 0 Å². The van der Waals surface area contributed by atoms with Gasteiger partial charge in [-0.1, -0.05) is 0 Å². The zero-order valence-electron chi connectivity index (χ0n) is 11.7. The Morgan fingerprint density at radius 3 is 2.76 bits per heavy atom. The first-order chi connectivity index (χ1) is 10.0. The van der Waals surface area contributed by atoms with Crippen LogP contribution < -0.4 is 5.56 Å². The first-order valence-corrected chi connectivity index (χ1v) is 6.59. The van der Waals surface area contributed by atoms with Gasteiger partial charge >= 0.3 is 5.97 Å². The van der Waals surface area contributed by atoms with Gasteiger partial charge in [-0.25, -0.2) is 4.79 Å². The number of hydrogen-bond donors (Lipinski definition) is 2. The van der Waals surface area contributed by atoms with Gasteiger partial charge in [-0.15, -0.1) is 0 Å². The third-order valence-electron chi connectivity index (χ3n) is 3.37. The lowest BCUT2D eigenvalue weighted by Crippen LogP contribution is -2.30. The van der Waals surface area contributed by atoms with E-state index in [-0.39, 0.29) is 24.6 Å².